The van der Waals surface area contributed by atoms with Crippen molar-refractivity contribution in [3.63, 3.8) is 0 Å². The summed E-state index contributed by atoms with van der Waals surface area (Å²) in [7, 11) is 4.67. The van der Waals surface area contributed by atoms with Gasteiger partial charge in [-0.25, -0.2) is 0 Å². The number of nitrogens with one attached hydrogen (secondary N) is 1. The van der Waals surface area contributed by atoms with Crippen LogP contribution >= 0.6 is 0 Å². The molecule has 0 saturated heterocycles. The molecule has 0 atom stereocenters. The molecular formula is C21H26N2O5. The number of carbonyl (C=O) groups is 2. The van der Waals surface area contributed by atoms with Gasteiger partial charge in [0, 0.05) is 19.5 Å². The molecule has 0 aromatic heterocycles. The zero-order chi connectivity index (χ0) is 20.5. The molecule has 0 aliphatic rings. The number of anilines is 1. The number of carbonyl (C=O) groups excluding carboxylic acids is 2. The highest BCUT2D eigenvalue weighted by Gasteiger charge is 2.16. The molecule has 0 heterocycles. The average molecular weight is 386 g/mol. The first-order valence-electron chi connectivity index (χ1n) is 8.87. The Bertz CT molecular complexity index is 822. The van der Waals surface area contributed by atoms with Gasteiger partial charge in [0.1, 0.15) is 17.2 Å². The fourth-order valence-electron chi connectivity index (χ4n) is 2.79. The first-order valence-corrected chi connectivity index (χ1v) is 8.87. The van der Waals surface area contributed by atoms with Gasteiger partial charge in [-0.3, -0.25) is 9.59 Å². The fourth-order valence-corrected chi connectivity index (χ4v) is 2.79. The van der Waals surface area contributed by atoms with E-state index in [9.17, 15) is 9.59 Å². The summed E-state index contributed by atoms with van der Waals surface area (Å²) in [6.07, 6.45) is 0.583. The minimum atomic E-state index is -0.318. The minimum absolute atomic E-state index is 0.0646. The average Bonchev–Trinajstić information content (AvgIpc) is 2.70. The highest BCUT2D eigenvalue weighted by Crippen LogP contribution is 2.28. The normalized spacial score (nSPS) is 10.1. The summed E-state index contributed by atoms with van der Waals surface area (Å²) in [6.45, 7) is 1.78. The van der Waals surface area contributed by atoms with Crippen molar-refractivity contribution in [2.45, 2.75) is 13.3 Å². The van der Waals surface area contributed by atoms with Crippen LogP contribution in [0.4, 0.5) is 5.69 Å². The number of hydrogen-bond acceptors (Lipinski definition) is 5. The third-order valence-electron chi connectivity index (χ3n) is 4.30. The van der Waals surface area contributed by atoms with Crippen molar-refractivity contribution >= 4 is 17.5 Å². The van der Waals surface area contributed by atoms with E-state index >= 15 is 0 Å². The van der Waals surface area contributed by atoms with Gasteiger partial charge < -0.3 is 24.4 Å². The number of amides is 2. The van der Waals surface area contributed by atoms with Crippen LogP contribution in [0.2, 0.25) is 0 Å². The molecule has 2 amide bonds. The van der Waals surface area contributed by atoms with E-state index in [0.717, 1.165) is 11.3 Å². The number of hydrogen-bond donors (Lipinski definition) is 1. The van der Waals surface area contributed by atoms with Crippen LogP contribution in [0.25, 0.3) is 0 Å². The zero-order valence-corrected chi connectivity index (χ0v) is 16.7. The molecule has 0 aliphatic heterocycles. The Morgan fingerprint density at radius 2 is 1.68 bits per heavy atom. The molecule has 0 aliphatic carbocycles. The lowest BCUT2D eigenvalue weighted by Gasteiger charge is -2.21. The maximum atomic E-state index is 12.5. The van der Waals surface area contributed by atoms with Crippen LogP contribution in [0.5, 0.6) is 17.2 Å². The molecule has 0 spiro atoms. The van der Waals surface area contributed by atoms with Gasteiger partial charge in [0.15, 0.2) is 0 Å². The Labute approximate surface area is 165 Å². The monoisotopic (exact) mass is 386 g/mol. The molecule has 1 N–H and O–H groups in total. The number of para-hydroxylation sites is 1. The van der Waals surface area contributed by atoms with Gasteiger partial charge in [-0.15, -0.1) is 0 Å². The summed E-state index contributed by atoms with van der Waals surface area (Å²) in [5, 5.41) is 2.78. The van der Waals surface area contributed by atoms with Crippen molar-refractivity contribution < 1.29 is 23.8 Å². The number of rotatable bonds is 9. The van der Waals surface area contributed by atoms with Crippen LogP contribution < -0.4 is 19.5 Å². The van der Waals surface area contributed by atoms with Gasteiger partial charge in [0.05, 0.1) is 33.6 Å². The van der Waals surface area contributed by atoms with Gasteiger partial charge in [-0.05, 0) is 30.2 Å². The van der Waals surface area contributed by atoms with E-state index in [1.165, 1.54) is 18.9 Å². The number of benzene rings is 2. The van der Waals surface area contributed by atoms with Crippen LogP contribution in [0.1, 0.15) is 12.5 Å². The Kier molecular flexibility index (Phi) is 7.68. The van der Waals surface area contributed by atoms with E-state index in [1.54, 1.807) is 32.4 Å². The first kappa shape index (κ1) is 21.1. The predicted octanol–water partition coefficient (Wildman–Crippen LogP) is 2.74. The molecule has 0 bridgehead atoms. The molecule has 2 rings (SSSR count). The summed E-state index contributed by atoms with van der Waals surface area (Å²) in [6, 6.07) is 12.7. The van der Waals surface area contributed by atoms with Crippen molar-refractivity contribution in [1.82, 2.24) is 4.90 Å². The molecule has 2 aromatic rings. The van der Waals surface area contributed by atoms with E-state index in [2.05, 4.69) is 5.32 Å². The van der Waals surface area contributed by atoms with Gasteiger partial charge in [-0.1, -0.05) is 18.2 Å². The molecule has 0 unspecified atom stereocenters. The fraction of sp³-hybridized carbons (Fsp3) is 0.333. The Balaban J connectivity index is 2.04. The van der Waals surface area contributed by atoms with Gasteiger partial charge in [0.2, 0.25) is 11.8 Å². The zero-order valence-electron chi connectivity index (χ0n) is 16.7. The quantitative estimate of drug-likeness (QED) is 0.717. The smallest absolute Gasteiger partial charge is 0.244 e. The maximum absolute atomic E-state index is 12.5. The lowest BCUT2D eigenvalue weighted by Crippen LogP contribution is -2.38. The SMILES string of the molecule is COc1ccc(OC)c(NC(=O)CN(CCc2ccccc2OC)C(C)=O)c1. The van der Waals surface area contributed by atoms with E-state index in [0.29, 0.717) is 30.2 Å². The molecule has 150 valence electrons. The summed E-state index contributed by atoms with van der Waals surface area (Å²) < 4.78 is 15.8. The summed E-state index contributed by atoms with van der Waals surface area (Å²) in [5.74, 6) is 1.37. The second-order valence-corrected chi connectivity index (χ2v) is 6.12. The highest BCUT2D eigenvalue weighted by molar-refractivity contribution is 5.95. The van der Waals surface area contributed by atoms with Crippen LogP contribution in [0.3, 0.4) is 0 Å². The molecule has 28 heavy (non-hydrogen) atoms. The molecule has 7 heteroatoms. The third-order valence-corrected chi connectivity index (χ3v) is 4.30. The topological polar surface area (TPSA) is 77.1 Å². The van der Waals surface area contributed by atoms with E-state index in [4.69, 9.17) is 14.2 Å². The maximum Gasteiger partial charge on any atom is 0.244 e. The Hall–Kier alpha value is -3.22. The molecule has 0 radical (unpaired) electrons. The lowest BCUT2D eigenvalue weighted by molar-refractivity contribution is -0.132. The molecule has 7 nitrogen and oxygen atoms in total. The molecule has 0 saturated carbocycles. The van der Waals surface area contributed by atoms with Crippen molar-refractivity contribution in [1.29, 1.82) is 0 Å². The lowest BCUT2D eigenvalue weighted by atomic mass is 10.1. The van der Waals surface area contributed by atoms with Crippen LogP contribution in [0.15, 0.2) is 42.5 Å². The summed E-state index contributed by atoms with van der Waals surface area (Å²) in [4.78, 5) is 26.0. The van der Waals surface area contributed by atoms with Crippen molar-refractivity contribution in [3.05, 3.63) is 48.0 Å². The Morgan fingerprint density at radius 3 is 2.32 bits per heavy atom. The highest BCUT2D eigenvalue weighted by atomic mass is 16.5. The van der Waals surface area contributed by atoms with Gasteiger partial charge in [0.25, 0.3) is 0 Å². The largest absolute Gasteiger partial charge is 0.497 e. The van der Waals surface area contributed by atoms with E-state index < -0.39 is 0 Å². The number of methoxy groups -OCH3 is 3. The van der Waals surface area contributed by atoms with Crippen LogP contribution in [0, 0.1) is 0 Å². The first-order chi connectivity index (χ1) is 13.5. The molecule has 0 fully saturated rings. The van der Waals surface area contributed by atoms with Crippen molar-refractivity contribution in [2.75, 3.05) is 39.7 Å². The Morgan fingerprint density at radius 1 is 0.964 bits per heavy atom. The number of nitrogens with zero attached hydrogens (tertiary/aromatic N) is 1. The molecular weight excluding hydrogens is 360 g/mol. The van der Waals surface area contributed by atoms with E-state index in [1.807, 2.05) is 24.3 Å². The van der Waals surface area contributed by atoms with Crippen molar-refractivity contribution in [2.24, 2.45) is 0 Å². The summed E-state index contributed by atoms with van der Waals surface area (Å²) >= 11 is 0. The molecule has 2 aromatic carbocycles. The van der Waals surface area contributed by atoms with Crippen LogP contribution in [-0.4, -0.2) is 51.1 Å². The number of ether oxygens (including phenoxy) is 3. The van der Waals surface area contributed by atoms with E-state index in [-0.39, 0.29) is 18.4 Å². The summed E-state index contributed by atoms with van der Waals surface area (Å²) in [5.41, 5.74) is 1.46. The van der Waals surface area contributed by atoms with Gasteiger partial charge in [-0.2, -0.15) is 0 Å². The minimum Gasteiger partial charge on any atom is -0.497 e. The predicted molar refractivity (Wildman–Crippen MR) is 107 cm³/mol. The standard InChI is InChI=1S/C21H26N2O5/c1-15(24)23(12-11-16-7-5-6-8-19(16)27-3)14-21(25)22-18-13-17(26-2)9-10-20(18)28-4/h5-10,13H,11-12,14H2,1-4H3,(H,22,25). The van der Waals surface area contributed by atoms with Crippen molar-refractivity contribution in [3.8, 4) is 17.2 Å². The van der Waals surface area contributed by atoms with Crippen LogP contribution in [-0.2, 0) is 16.0 Å². The second kappa shape index (κ2) is 10.2. The second-order valence-electron chi connectivity index (χ2n) is 6.12. The van der Waals surface area contributed by atoms with Gasteiger partial charge >= 0.3 is 0 Å². The third kappa shape index (κ3) is 5.64.